The van der Waals surface area contributed by atoms with Crippen LogP contribution in [0.4, 0.5) is 5.69 Å². The highest BCUT2D eigenvalue weighted by Crippen LogP contribution is 2.46. The van der Waals surface area contributed by atoms with Crippen LogP contribution >= 0.6 is 11.6 Å². The summed E-state index contributed by atoms with van der Waals surface area (Å²) >= 11 is 6.04. The zero-order valence-electron chi connectivity index (χ0n) is 23.0. The molecule has 9 heteroatoms. The van der Waals surface area contributed by atoms with E-state index in [4.69, 9.17) is 11.6 Å². The molecular weight excluding hydrogens is 504 g/mol. The Labute approximate surface area is 230 Å². The van der Waals surface area contributed by atoms with Crippen molar-refractivity contribution in [1.82, 2.24) is 15.1 Å². The predicted molar refractivity (Wildman–Crippen MR) is 150 cm³/mol. The number of likely N-dealkylation sites (N-methyl/N-ethyl adjacent to an activating group) is 1. The van der Waals surface area contributed by atoms with E-state index in [0.717, 1.165) is 5.56 Å². The molecule has 1 heterocycles. The molecule has 1 fully saturated rings. The molecule has 2 atom stereocenters. The van der Waals surface area contributed by atoms with E-state index in [2.05, 4.69) is 10.6 Å². The number of amides is 3. The van der Waals surface area contributed by atoms with E-state index in [9.17, 15) is 19.5 Å². The molecule has 0 aromatic heterocycles. The van der Waals surface area contributed by atoms with Gasteiger partial charge in [0.15, 0.2) is 0 Å². The SMILES string of the molecule is CC(C)[C@@H](NC(=O)c1cccc(NC(=O)CN(C)C)c1)C(=O)N1CC[C@](O)(c2ccc(Cl)cc2)C(C)(C)C1. The van der Waals surface area contributed by atoms with Gasteiger partial charge in [-0.3, -0.25) is 14.4 Å². The first-order valence-electron chi connectivity index (χ1n) is 12.9. The molecule has 1 saturated heterocycles. The number of likely N-dealkylation sites (tertiary alicyclic amines) is 1. The maximum atomic E-state index is 13.7. The molecule has 0 spiro atoms. The summed E-state index contributed by atoms with van der Waals surface area (Å²) in [4.78, 5) is 42.4. The van der Waals surface area contributed by atoms with Gasteiger partial charge >= 0.3 is 0 Å². The fraction of sp³-hybridized carbons (Fsp3) is 0.483. The maximum Gasteiger partial charge on any atom is 0.252 e. The van der Waals surface area contributed by atoms with Gasteiger partial charge in [-0.1, -0.05) is 57.5 Å². The van der Waals surface area contributed by atoms with Gasteiger partial charge in [-0.2, -0.15) is 0 Å². The van der Waals surface area contributed by atoms with Gasteiger partial charge in [0.1, 0.15) is 6.04 Å². The minimum Gasteiger partial charge on any atom is -0.384 e. The Kier molecular flexibility index (Phi) is 9.23. The summed E-state index contributed by atoms with van der Waals surface area (Å²) in [5, 5.41) is 17.9. The normalized spacial score (nSPS) is 19.8. The van der Waals surface area contributed by atoms with Crippen LogP contribution in [-0.2, 0) is 15.2 Å². The number of rotatable bonds is 8. The van der Waals surface area contributed by atoms with Crippen LogP contribution < -0.4 is 10.6 Å². The summed E-state index contributed by atoms with van der Waals surface area (Å²) in [6, 6.07) is 13.1. The average molecular weight is 543 g/mol. The van der Waals surface area contributed by atoms with Crippen molar-refractivity contribution in [2.45, 2.75) is 45.8 Å². The third-order valence-electron chi connectivity index (χ3n) is 7.17. The second kappa shape index (κ2) is 11.8. The average Bonchev–Trinajstić information content (AvgIpc) is 2.83. The molecule has 1 aliphatic rings. The molecule has 206 valence electrons. The Morgan fingerprint density at radius 2 is 1.76 bits per heavy atom. The van der Waals surface area contributed by atoms with Crippen LogP contribution in [0.25, 0.3) is 0 Å². The lowest BCUT2D eigenvalue weighted by molar-refractivity contribution is -0.155. The van der Waals surface area contributed by atoms with Crippen LogP contribution in [0.5, 0.6) is 0 Å². The third kappa shape index (κ3) is 6.73. The fourth-order valence-corrected chi connectivity index (χ4v) is 5.06. The molecule has 3 rings (SSSR count). The molecule has 3 N–H and O–H groups in total. The third-order valence-corrected chi connectivity index (χ3v) is 7.42. The van der Waals surface area contributed by atoms with Gasteiger partial charge in [0.2, 0.25) is 11.8 Å². The number of nitrogens with zero attached hydrogens (tertiary/aromatic N) is 2. The Bertz CT molecular complexity index is 1170. The number of halogens is 1. The summed E-state index contributed by atoms with van der Waals surface area (Å²) < 4.78 is 0. The second-order valence-electron chi connectivity index (χ2n) is 11.3. The van der Waals surface area contributed by atoms with Gasteiger partial charge in [-0.25, -0.2) is 0 Å². The Hall–Kier alpha value is -2.94. The Morgan fingerprint density at radius 1 is 1.11 bits per heavy atom. The van der Waals surface area contributed by atoms with Crippen molar-refractivity contribution >= 4 is 35.0 Å². The van der Waals surface area contributed by atoms with E-state index in [0.29, 0.717) is 35.8 Å². The summed E-state index contributed by atoms with van der Waals surface area (Å²) in [5.41, 5.74) is -0.134. The van der Waals surface area contributed by atoms with Crippen LogP contribution in [0.3, 0.4) is 0 Å². The quantitative estimate of drug-likeness (QED) is 0.471. The summed E-state index contributed by atoms with van der Waals surface area (Å²) in [7, 11) is 3.60. The van der Waals surface area contributed by atoms with Gasteiger partial charge in [0.05, 0.1) is 12.1 Å². The number of carbonyl (C=O) groups excluding carboxylic acids is 3. The zero-order valence-corrected chi connectivity index (χ0v) is 23.8. The number of carbonyl (C=O) groups is 3. The number of hydrogen-bond acceptors (Lipinski definition) is 5. The van der Waals surface area contributed by atoms with E-state index in [-0.39, 0.29) is 24.3 Å². The van der Waals surface area contributed by atoms with E-state index in [1.165, 1.54) is 0 Å². The number of anilines is 1. The second-order valence-corrected chi connectivity index (χ2v) is 11.8. The van der Waals surface area contributed by atoms with Crippen molar-refractivity contribution in [3.05, 3.63) is 64.7 Å². The highest BCUT2D eigenvalue weighted by molar-refractivity contribution is 6.30. The van der Waals surface area contributed by atoms with Crippen LogP contribution in [0.1, 0.15) is 50.0 Å². The van der Waals surface area contributed by atoms with E-state index >= 15 is 0 Å². The lowest BCUT2D eigenvalue weighted by Gasteiger charge is -2.51. The van der Waals surface area contributed by atoms with Crippen LogP contribution in [0.15, 0.2) is 48.5 Å². The van der Waals surface area contributed by atoms with Gasteiger partial charge < -0.3 is 25.5 Å². The smallest absolute Gasteiger partial charge is 0.252 e. The minimum absolute atomic E-state index is 0.158. The first-order valence-corrected chi connectivity index (χ1v) is 13.2. The molecule has 2 aromatic rings. The molecule has 8 nitrogen and oxygen atoms in total. The van der Waals surface area contributed by atoms with Gasteiger partial charge in [-0.15, -0.1) is 0 Å². The predicted octanol–water partition coefficient (Wildman–Crippen LogP) is 3.74. The van der Waals surface area contributed by atoms with E-state index < -0.39 is 23.0 Å². The lowest BCUT2D eigenvalue weighted by Crippen LogP contribution is -2.60. The van der Waals surface area contributed by atoms with E-state index in [1.54, 1.807) is 60.3 Å². The number of hydrogen-bond donors (Lipinski definition) is 3. The molecular formula is C29H39ClN4O4. The highest BCUT2D eigenvalue weighted by atomic mass is 35.5. The molecule has 0 unspecified atom stereocenters. The van der Waals surface area contributed by atoms with Crippen LogP contribution in [0, 0.1) is 11.3 Å². The number of nitrogens with one attached hydrogen (secondary N) is 2. The molecule has 1 aliphatic heterocycles. The largest absolute Gasteiger partial charge is 0.384 e. The molecule has 2 aromatic carbocycles. The Morgan fingerprint density at radius 3 is 2.34 bits per heavy atom. The molecule has 0 aliphatic carbocycles. The summed E-state index contributed by atoms with van der Waals surface area (Å²) in [5.74, 6) is -0.923. The van der Waals surface area contributed by atoms with Gasteiger partial charge in [0.25, 0.3) is 5.91 Å². The Balaban J connectivity index is 1.72. The van der Waals surface area contributed by atoms with Gasteiger partial charge in [-0.05, 0) is 62.3 Å². The standard InChI is InChI=1S/C29H39ClN4O4/c1-19(2)25(32-26(36)20-8-7-9-23(16-20)31-24(35)17-33(5)6)27(37)34-15-14-29(38,28(3,4)18-34)21-10-12-22(30)13-11-21/h7-13,16,19,25,38H,14-15,17-18H2,1-6H3,(H,31,35)(H,32,36)/t25-,29+/m1/s1. The molecule has 0 radical (unpaired) electrons. The van der Waals surface area contributed by atoms with Crippen LogP contribution in [-0.4, -0.2) is 72.4 Å². The first kappa shape index (κ1) is 29.6. The van der Waals surface area contributed by atoms with Crippen molar-refractivity contribution in [2.24, 2.45) is 11.3 Å². The fourth-order valence-electron chi connectivity index (χ4n) is 4.93. The highest BCUT2D eigenvalue weighted by Gasteiger charge is 2.50. The van der Waals surface area contributed by atoms with Crippen molar-refractivity contribution in [3.63, 3.8) is 0 Å². The number of piperidine rings is 1. The zero-order chi connectivity index (χ0) is 28.3. The lowest BCUT2D eigenvalue weighted by atomic mass is 9.66. The number of aliphatic hydroxyl groups is 1. The van der Waals surface area contributed by atoms with Gasteiger partial charge in [0, 0.05) is 34.8 Å². The monoisotopic (exact) mass is 542 g/mol. The summed E-state index contributed by atoms with van der Waals surface area (Å²) in [6.07, 6.45) is 0.362. The van der Waals surface area contributed by atoms with E-state index in [1.807, 2.05) is 39.8 Å². The first-order chi connectivity index (χ1) is 17.7. The molecule has 38 heavy (non-hydrogen) atoms. The molecule has 3 amide bonds. The van der Waals surface area contributed by atoms with Crippen molar-refractivity contribution in [1.29, 1.82) is 0 Å². The topological polar surface area (TPSA) is 102 Å². The molecule has 0 bridgehead atoms. The molecule has 0 saturated carbocycles. The summed E-state index contributed by atoms with van der Waals surface area (Å²) in [6.45, 7) is 8.57. The maximum absolute atomic E-state index is 13.7. The minimum atomic E-state index is -1.12. The van der Waals surface area contributed by atoms with Crippen molar-refractivity contribution in [3.8, 4) is 0 Å². The van der Waals surface area contributed by atoms with Crippen molar-refractivity contribution in [2.75, 3.05) is 39.0 Å². The van der Waals surface area contributed by atoms with Crippen LogP contribution in [0.2, 0.25) is 5.02 Å². The number of benzene rings is 2. The van der Waals surface area contributed by atoms with Crippen molar-refractivity contribution < 1.29 is 19.5 Å².